The van der Waals surface area contributed by atoms with Gasteiger partial charge in [0.15, 0.2) is 0 Å². The molecule has 0 fully saturated rings. The van der Waals surface area contributed by atoms with Gasteiger partial charge in [0, 0.05) is 6.54 Å². The average molecular weight is 297 g/mol. The second-order valence-electron chi connectivity index (χ2n) is 5.27. The molecule has 0 bridgehead atoms. The Balaban J connectivity index is 2.63. The Morgan fingerprint density at radius 3 is 2.25 bits per heavy atom. The van der Waals surface area contributed by atoms with Gasteiger partial charge in [-0.2, -0.15) is 0 Å². The summed E-state index contributed by atoms with van der Waals surface area (Å²) in [6, 6.07) is 7.13. The van der Waals surface area contributed by atoms with Crippen molar-refractivity contribution in [2.75, 3.05) is 6.54 Å². The van der Waals surface area contributed by atoms with E-state index in [1.807, 2.05) is 12.1 Å². The first kappa shape index (κ1) is 17.2. The Morgan fingerprint density at radius 1 is 1.10 bits per heavy atom. The quantitative estimate of drug-likeness (QED) is 0.754. The van der Waals surface area contributed by atoms with Crippen molar-refractivity contribution in [1.82, 2.24) is 4.72 Å². The molecule has 0 aliphatic carbocycles. The van der Waals surface area contributed by atoms with Gasteiger partial charge in [-0.1, -0.05) is 52.2 Å². The molecule has 0 spiro atoms. The number of benzene rings is 1. The number of rotatable bonds is 9. The summed E-state index contributed by atoms with van der Waals surface area (Å²) in [6.07, 6.45) is 5.33. The van der Waals surface area contributed by atoms with E-state index in [0.29, 0.717) is 17.4 Å². The average Bonchev–Trinajstić information content (AvgIpc) is 2.47. The summed E-state index contributed by atoms with van der Waals surface area (Å²) in [7, 11) is -3.37. The molecule has 0 aromatic heterocycles. The van der Waals surface area contributed by atoms with Gasteiger partial charge in [0.05, 0.1) is 4.90 Å². The highest BCUT2D eigenvalue weighted by molar-refractivity contribution is 7.89. The topological polar surface area (TPSA) is 46.2 Å². The van der Waals surface area contributed by atoms with Crippen LogP contribution in [-0.4, -0.2) is 15.0 Å². The van der Waals surface area contributed by atoms with E-state index in [1.165, 1.54) is 0 Å². The van der Waals surface area contributed by atoms with Crippen molar-refractivity contribution in [2.24, 2.45) is 5.92 Å². The highest BCUT2D eigenvalue weighted by Gasteiger charge is 2.15. The normalized spacial score (nSPS) is 13.3. The summed E-state index contributed by atoms with van der Waals surface area (Å²) in [6.45, 7) is 6.87. The molecular weight excluding hydrogens is 270 g/mol. The van der Waals surface area contributed by atoms with Crippen LogP contribution in [0.4, 0.5) is 0 Å². The van der Waals surface area contributed by atoms with Gasteiger partial charge in [-0.15, -0.1) is 0 Å². The fraction of sp³-hybridized carbons (Fsp3) is 0.625. The van der Waals surface area contributed by atoms with Gasteiger partial charge in [0.1, 0.15) is 0 Å². The standard InChI is InChI=1S/C16H27NO2S/c1-4-7-8-15(6-3)13-17-20(18,19)16-11-9-14(5-2)10-12-16/h9-12,15,17H,4-8,13H2,1-3H3. The zero-order chi connectivity index (χ0) is 15.0. The zero-order valence-corrected chi connectivity index (χ0v) is 13.7. The SMILES string of the molecule is CCCCC(CC)CNS(=O)(=O)c1ccc(CC)cc1. The molecule has 0 saturated carbocycles. The van der Waals surface area contributed by atoms with Crippen molar-refractivity contribution in [3.63, 3.8) is 0 Å². The van der Waals surface area contributed by atoms with Crippen LogP contribution in [0.5, 0.6) is 0 Å². The van der Waals surface area contributed by atoms with Crippen LogP contribution in [0.2, 0.25) is 0 Å². The van der Waals surface area contributed by atoms with Crippen molar-refractivity contribution < 1.29 is 8.42 Å². The van der Waals surface area contributed by atoms with E-state index < -0.39 is 10.0 Å². The molecule has 4 heteroatoms. The summed E-state index contributed by atoms with van der Waals surface area (Å²) in [4.78, 5) is 0.361. The highest BCUT2D eigenvalue weighted by Crippen LogP contribution is 2.14. The van der Waals surface area contributed by atoms with Crippen molar-refractivity contribution in [3.8, 4) is 0 Å². The zero-order valence-electron chi connectivity index (χ0n) is 12.9. The largest absolute Gasteiger partial charge is 0.240 e. The molecule has 114 valence electrons. The third kappa shape index (κ3) is 5.25. The first-order valence-corrected chi connectivity index (χ1v) is 9.10. The molecule has 1 unspecified atom stereocenters. The molecule has 1 N–H and O–H groups in total. The van der Waals surface area contributed by atoms with Gasteiger partial charge in [-0.05, 0) is 36.5 Å². The molecule has 1 aromatic rings. The van der Waals surface area contributed by atoms with Gasteiger partial charge >= 0.3 is 0 Å². The molecule has 0 radical (unpaired) electrons. The lowest BCUT2D eigenvalue weighted by atomic mass is 10.00. The highest BCUT2D eigenvalue weighted by atomic mass is 32.2. The predicted octanol–water partition coefficient (Wildman–Crippen LogP) is 3.74. The van der Waals surface area contributed by atoms with Gasteiger partial charge in [-0.3, -0.25) is 0 Å². The van der Waals surface area contributed by atoms with Crippen LogP contribution in [-0.2, 0) is 16.4 Å². The maximum Gasteiger partial charge on any atom is 0.240 e. The van der Waals surface area contributed by atoms with Crippen molar-refractivity contribution >= 4 is 10.0 Å². The van der Waals surface area contributed by atoms with E-state index in [4.69, 9.17) is 0 Å². The molecule has 0 saturated heterocycles. The smallest absolute Gasteiger partial charge is 0.211 e. The monoisotopic (exact) mass is 297 g/mol. The third-order valence-corrected chi connectivity index (χ3v) is 5.19. The molecule has 3 nitrogen and oxygen atoms in total. The van der Waals surface area contributed by atoms with Gasteiger partial charge < -0.3 is 0 Å². The van der Waals surface area contributed by atoms with Crippen molar-refractivity contribution in [2.45, 2.75) is 57.8 Å². The number of sulfonamides is 1. The van der Waals surface area contributed by atoms with E-state index in [-0.39, 0.29) is 0 Å². The molecule has 0 aliphatic heterocycles. The van der Waals surface area contributed by atoms with E-state index >= 15 is 0 Å². The number of aryl methyl sites for hydroxylation is 1. The maximum absolute atomic E-state index is 12.2. The fourth-order valence-electron chi connectivity index (χ4n) is 2.16. The second-order valence-corrected chi connectivity index (χ2v) is 7.03. The molecule has 1 atom stereocenters. The minimum atomic E-state index is -3.37. The molecule has 0 aliphatic rings. The number of nitrogens with one attached hydrogen (secondary N) is 1. The van der Waals surface area contributed by atoms with E-state index in [9.17, 15) is 8.42 Å². The van der Waals surface area contributed by atoms with Crippen molar-refractivity contribution in [1.29, 1.82) is 0 Å². The molecular formula is C16H27NO2S. The molecule has 20 heavy (non-hydrogen) atoms. The molecule has 0 heterocycles. The second kappa shape index (κ2) is 8.42. The lowest BCUT2D eigenvalue weighted by Gasteiger charge is -2.15. The minimum Gasteiger partial charge on any atom is -0.211 e. The summed E-state index contributed by atoms with van der Waals surface area (Å²) >= 11 is 0. The number of hydrogen-bond donors (Lipinski definition) is 1. The third-order valence-electron chi connectivity index (χ3n) is 3.75. The van der Waals surface area contributed by atoms with Crippen LogP contribution in [0.25, 0.3) is 0 Å². The Hall–Kier alpha value is -0.870. The van der Waals surface area contributed by atoms with Crippen LogP contribution in [0.15, 0.2) is 29.2 Å². The first-order chi connectivity index (χ1) is 9.53. The summed E-state index contributed by atoms with van der Waals surface area (Å²) in [5, 5.41) is 0. The van der Waals surface area contributed by atoms with Gasteiger partial charge in [0.25, 0.3) is 0 Å². The van der Waals surface area contributed by atoms with Crippen LogP contribution < -0.4 is 4.72 Å². The lowest BCUT2D eigenvalue weighted by molar-refractivity contribution is 0.444. The van der Waals surface area contributed by atoms with Crippen LogP contribution in [0, 0.1) is 5.92 Å². The van der Waals surface area contributed by atoms with Crippen molar-refractivity contribution in [3.05, 3.63) is 29.8 Å². The Morgan fingerprint density at radius 2 is 1.75 bits per heavy atom. The molecule has 1 rings (SSSR count). The van der Waals surface area contributed by atoms with Gasteiger partial charge in [-0.25, -0.2) is 13.1 Å². The predicted molar refractivity (Wildman–Crippen MR) is 84.3 cm³/mol. The Bertz CT molecular complexity index is 480. The van der Waals surface area contributed by atoms with Crippen LogP contribution >= 0.6 is 0 Å². The van der Waals surface area contributed by atoms with Crippen LogP contribution in [0.1, 0.15) is 52.0 Å². The van der Waals surface area contributed by atoms with E-state index in [2.05, 4.69) is 25.5 Å². The minimum absolute atomic E-state index is 0.361. The summed E-state index contributed by atoms with van der Waals surface area (Å²) in [5.41, 5.74) is 1.15. The summed E-state index contributed by atoms with van der Waals surface area (Å²) < 4.78 is 27.2. The first-order valence-electron chi connectivity index (χ1n) is 7.62. The maximum atomic E-state index is 12.2. The molecule has 1 aromatic carbocycles. The van der Waals surface area contributed by atoms with Crippen LogP contribution in [0.3, 0.4) is 0 Å². The summed E-state index contributed by atoms with van der Waals surface area (Å²) in [5.74, 6) is 0.430. The number of hydrogen-bond acceptors (Lipinski definition) is 2. The fourth-order valence-corrected chi connectivity index (χ4v) is 3.27. The lowest BCUT2D eigenvalue weighted by Crippen LogP contribution is -2.29. The number of unbranched alkanes of at least 4 members (excludes halogenated alkanes) is 1. The molecule has 0 amide bonds. The van der Waals surface area contributed by atoms with E-state index in [0.717, 1.165) is 37.7 Å². The van der Waals surface area contributed by atoms with E-state index in [1.54, 1.807) is 12.1 Å². The Kier molecular flexibility index (Phi) is 7.24. The Labute approximate surface area is 123 Å². The van der Waals surface area contributed by atoms with Gasteiger partial charge in [0.2, 0.25) is 10.0 Å².